The molecule has 0 amide bonds. The summed E-state index contributed by atoms with van der Waals surface area (Å²) in [6, 6.07) is 12.4. The fourth-order valence-corrected chi connectivity index (χ4v) is 3.84. The summed E-state index contributed by atoms with van der Waals surface area (Å²) in [6.45, 7) is 6.24. The normalized spacial score (nSPS) is 11.3. The first-order chi connectivity index (χ1) is 13.8. The van der Waals surface area contributed by atoms with E-state index in [2.05, 4.69) is 30.3 Å². The van der Waals surface area contributed by atoms with E-state index in [1.807, 2.05) is 32.0 Å². The van der Waals surface area contributed by atoms with Gasteiger partial charge in [-0.25, -0.2) is 28.1 Å². The van der Waals surface area contributed by atoms with Gasteiger partial charge in [0.1, 0.15) is 23.3 Å². The third-order valence-electron chi connectivity index (χ3n) is 4.03. The quantitative estimate of drug-likeness (QED) is 0.488. The monoisotopic (exact) mass is 412 g/mol. The van der Waals surface area contributed by atoms with E-state index in [9.17, 15) is 8.42 Å². The van der Waals surface area contributed by atoms with Gasteiger partial charge in [-0.2, -0.15) is 0 Å². The Bertz CT molecular complexity index is 1100. The molecule has 29 heavy (non-hydrogen) atoms. The van der Waals surface area contributed by atoms with Crippen LogP contribution in [-0.2, 0) is 10.0 Å². The van der Waals surface area contributed by atoms with Gasteiger partial charge in [-0.3, -0.25) is 0 Å². The average molecular weight is 413 g/mol. The summed E-state index contributed by atoms with van der Waals surface area (Å²) in [5.74, 6) is 2.49. The number of hydrogen-bond donors (Lipinski definition) is 3. The number of aromatic nitrogens is 3. The van der Waals surface area contributed by atoms with Gasteiger partial charge in [-0.05, 0) is 56.2 Å². The van der Waals surface area contributed by atoms with Gasteiger partial charge in [-0.1, -0.05) is 12.1 Å². The molecule has 0 bridgehead atoms. The molecule has 0 atom stereocenters. The number of benzene rings is 1. The molecule has 0 unspecified atom stereocenters. The van der Waals surface area contributed by atoms with Crippen LogP contribution in [0.2, 0.25) is 0 Å². The summed E-state index contributed by atoms with van der Waals surface area (Å²) in [4.78, 5) is 13.2. The summed E-state index contributed by atoms with van der Waals surface area (Å²) >= 11 is 0. The molecule has 0 aliphatic heterocycles. The Morgan fingerprint density at radius 2 is 1.62 bits per heavy atom. The molecular weight excluding hydrogens is 388 g/mol. The number of nitrogens with one attached hydrogen (secondary N) is 3. The van der Waals surface area contributed by atoms with E-state index in [-0.39, 0.29) is 11.4 Å². The second-order valence-corrected chi connectivity index (χ2v) is 8.44. The van der Waals surface area contributed by atoms with Crippen molar-refractivity contribution in [3.63, 3.8) is 0 Å². The summed E-state index contributed by atoms with van der Waals surface area (Å²) in [5, 5.41) is 6.27. The molecule has 3 N–H and O–H groups in total. The molecule has 152 valence electrons. The van der Waals surface area contributed by atoms with E-state index in [1.165, 1.54) is 0 Å². The number of rotatable bonds is 8. The largest absolute Gasteiger partial charge is 0.369 e. The Labute approximate surface area is 170 Å². The number of nitrogens with zero attached hydrogens (tertiary/aromatic N) is 3. The minimum absolute atomic E-state index is 0.224. The first-order valence-electron chi connectivity index (χ1n) is 9.17. The summed E-state index contributed by atoms with van der Waals surface area (Å²) in [6.07, 6.45) is 1.73. The van der Waals surface area contributed by atoms with Crippen molar-refractivity contribution in [2.45, 2.75) is 25.7 Å². The van der Waals surface area contributed by atoms with Crippen LogP contribution < -0.4 is 15.4 Å². The van der Waals surface area contributed by atoms with Gasteiger partial charge >= 0.3 is 0 Å². The van der Waals surface area contributed by atoms with Gasteiger partial charge in [-0.15, -0.1) is 0 Å². The van der Waals surface area contributed by atoms with Gasteiger partial charge < -0.3 is 10.6 Å². The fourth-order valence-electron chi connectivity index (χ4n) is 2.70. The molecule has 0 saturated carbocycles. The van der Waals surface area contributed by atoms with Gasteiger partial charge in [0.2, 0.25) is 10.0 Å². The highest BCUT2D eigenvalue weighted by molar-refractivity contribution is 7.89. The zero-order chi connectivity index (χ0) is 20.9. The van der Waals surface area contributed by atoms with Crippen molar-refractivity contribution < 1.29 is 8.42 Å². The van der Waals surface area contributed by atoms with Crippen LogP contribution in [-0.4, -0.2) is 36.5 Å². The molecule has 8 nitrogen and oxygen atoms in total. The zero-order valence-corrected chi connectivity index (χ0v) is 17.4. The van der Waals surface area contributed by atoms with Crippen molar-refractivity contribution in [2.75, 3.05) is 23.7 Å². The van der Waals surface area contributed by atoms with Crippen LogP contribution in [0.1, 0.15) is 17.0 Å². The highest BCUT2D eigenvalue weighted by atomic mass is 32.2. The average Bonchev–Trinajstić information content (AvgIpc) is 2.65. The second-order valence-electron chi connectivity index (χ2n) is 6.67. The lowest BCUT2D eigenvalue weighted by Gasteiger charge is -2.11. The lowest BCUT2D eigenvalue weighted by molar-refractivity contribution is 0.582. The molecule has 0 spiro atoms. The Balaban J connectivity index is 1.59. The van der Waals surface area contributed by atoms with Crippen LogP contribution in [0.15, 0.2) is 53.6 Å². The van der Waals surface area contributed by atoms with Crippen LogP contribution in [0.5, 0.6) is 0 Å². The molecule has 1 aromatic carbocycles. The van der Waals surface area contributed by atoms with Crippen molar-refractivity contribution in [3.8, 4) is 0 Å². The summed E-state index contributed by atoms with van der Waals surface area (Å²) < 4.78 is 27.3. The number of pyridine rings is 1. The van der Waals surface area contributed by atoms with Crippen LogP contribution in [0.4, 0.5) is 17.5 Å². The van der Waals surface area contributed by atoms with Crippen molar-refractivity contribution in [1.29, 1.82) is 0 Å². The molecule has 9 heteroatoms. The van der Waals surface area contributed by atoms with Crippen LogP contribution in [0.3, 0.4) is 0 Å². The number of hydrogen-bond acceptors (Lipinski definition) is 7. The van der Waals surface area contributed by atoms with Crippen LogP contribution in [0, 0.1) is 20.8 Å². The highest BCUT2D eigenvalue weighted by Crippen LogP contribution is 2.16. The minimum Gasteiger partial charge on any atom is -0.369 e. The molecule has 0 fully saturated rings. The predicted octanol–water partition coefficient (Wildman–Crippen LogP) is 2.93. The first-order valence-corrected chi connectivity index (χ1v) is 10.7. The Hall–Kier alpha value is -3.04. The van der Waals surface area contributed by atoms with Gasteiger partial charge in [0.25, 0.3) is 0 Å². The van der Waals surface area contributed by atoms with Crippen LogP contribution >= 0.6 is 0 Å². The molecule has 0 aliphatic rings. The molecule has 3 rings (SSSR count). The molecule has 0 aliphatic carbocycles. The lowest BCUT2D eigenvalue weighted by Crippen LogP contribution is -2.29. The lowest BCUT2D eigenvalue weighted by atomic mass is 10.2. The molecule has 2 aromatic heterocycles. The van der Waals surface area contributed by atoms with Gasteiger partial charge in [0, 0.05) is 25.4 Å². The maximum atomic E-state index is 12.4. The summed E-state index contributed by atoms with van der Waals surface area (Å²) in [7, 11) is -3.54. The number of anilines is 3. The number of aryl methyl sites for hydroxylation is 3. The third kappa shape index (κ3) is 5.97. The molecular formula is C20H24N6O2S. The van der Waals surface area contributed by atoms with Crippen molar-refractivity contribution in [3.05, 3.63) is 65.6 Å². The maximum Gasteiger partial charge on any atom is 0.240 e. The molecule has 3 aromatic rings. The Morgan fingerprint density at radius 3 is 2.38 bits per heavy atom. The smallest absolute Gasteiger partial charge is 0.240 e. The van der Waals surface area contributed by atoms with E-state index >= 15 is 0 Å². The second kappa shape index (κ2) is 8.97. The molecule has 0 saturated heterocycles. The fraction of sp³-hybridized carbons (Fsp3) is 0.250. The van der Waals surface area contributed by atoms with E-state index in [0.717, 1.165) is 11.1 Å². The predicted molar refractivity (Wildman–Crippen MR) is 114 cm³/mol. The minimum atomic E-state index is -3.54. The first kappa shape index (κ1) is 20.7. The van der Waals surface area contributed by atoms with E-state index < -0.39 is 10.0 Å². The van der Waals surface area contributed by atoms with Crippen molar-refractivity contribution in [2.24, 2.45) is 0 Å². The maximum absolute atomic E-state index is 12.4. The Kier molecular flexibility index (Phi) is 6.40. The number of sulfonamides is 1. The highest BCUT2D eigenvalue weighted by Gasteiger charge is 2.13. The standard InChI is InChI=1S/C20H24N6O2S/c1-14-5-4-6-17(11-14)29(27,28)23-10-9-22-19-13-20(25-16(3)24-19)26-18-12-15(2)7-8-21-18/h4-8,11-13,23H,9-10H2,1-3H3,(H2,21,22,24,25,26). The van der Waals surface area contributed by atoms with Gasteiger partial charge in [0.15, 0.2) is 0 Å². The third-order valence-corrected chi connectivity index (χ3v) is 5.49. The molecule has 2 heterocycles. The summed E-state index contributed by atoms with van der Waals surface area (Å²) in [5.41, 5.74) is 1.98. The van der Waals surface area contributed by atoms with E-state index in [1.54, 1.807) is 37.4 Å². The van der Waals surface area contributed by atoms with E-state index in [4.69, 9.17) is 0 Å². The topological polar surface area (TPSA) is 109 Å². The molecule has 0 radical (unpaired) electrons. The Morgan fingerprint density at radius 1 is 0.862 bits per heavy atom. The van der Waals surface area contributed by atoms with Crippen molar-refractivity contribution >= 4 is 27.5 Å². The SMILES string of the molecule is Cc1cccc(S(=O)(=O)NCCNc2cc(Nc3cc(C)ccn3)nc(C)n2)c1. The van der Waals surface area contributed by atoms with E-state index in [0.29, 0.717) is 29.8 Å². The zero-order valence-electron chi connectivity index (χ0n) is 16.6. The van der Waals surface area contributed by atoms with Gasteiger partial charge in [0.05, 0.1) is 4.90 Å². The van der Waals surface area contributed by atoms with Crippen molar-refractivity contribution in [1.82, 2.24) is 19.7 Å². The van der Waals surface area contributed by atoms with Crippen LogP contribution in [0.25, 0.3) is 0 Å².